The normalized spacial score (nSPS) is 12.1. The van der Waals surface area contributed by atoms with Crippen LogP contribution in [0.1, 0.15) is 37.4 Å². The maximum atomic E-state index is 13.6. The minimum absolute atomic E-state index is 0.0201. The Labute approximate surface area is 281 Å². The Bertz CT molecular complexity index is 1980. The number of hydrogen-bond acceptors (Lipinski definition) is 4. The number of hydrogen-bond donors (Lipinski definition) is 3. The summed E-state index contributed by atoms with van der Waals surface area (Å²) in [7, 11) is 0. The number of carbonyl (C=O) groups excluding carboxylic acids is 2. The monoisotopic (exact) mass is 692 g/mol. The van der Waals surface area contributed by atoms with Gasteiger partial charge in [0.25, 0.3) is 11.8 Å². The molecule has 0 saturated heterocycles. The number of carboxylic acids is 1. The molecule has 0 aromatic heterocycles. The fourth-order valence-electron chi connectivity index (χ4n) is 4.87. The van der Waals surface area contributed by atoms with E-state index in [1.165, 1.54) is 12.1 Å². The van der Waals surface area contributed by atoms with Gasteiger partial charge in [-0.1, -0.05) is 54.6 Å². The van der Waals surface area contributed by atoms with Gasteiger partial charge >= 0.3 is 18.3 Å². The molecule has 7 nitrogen and oxygen atoms in total. The lowest BCUT2D eigenvalue weighted by atomic mass is 10.0. The van der Waals surface area contributed by atoms with E-state index in [0.717, 1.165) is 53.6 Å². The van der Waals surface area contributed by atoms with E-state index in [9.17, 15) is 45.8 Å². The molecule has 50 heavy (non-hydrogen) atoms. The SMILES string of the molecule is O=C(Nc1ccc(Oc2ccc(C(F)(F)F)cc2)cc1C(=O)N[C@@H](Cc1ccc(-c2ccccc2)cc1)C(=O)O)c1ccc(C(F)(F)F)cc1. The molecule has 0 unspecified atom stereocenters. The smallest absolute Gasteiger partial charge is 0.416 e. The van der Waals surface area contributed by atoms with Gasteiger partial charge in [-0.3, -0.25) is 9.59 Å². The summed E-state index contributed by atoms with van der Waals surface area (Å²) in [6, 6.07) is 25.8. The zero-order valence-electron chi connectivity index (χ0n) is 25.7. The highest BCUT2D eigenvalue weighted by molar-refractivity contribution is 6.09. The van der Waals surface area contributed by atoms with E-state index in [4.69, 9.17) is 4.74 Å². The molecule has 256 valence electrons. The van der Waals surface area contributed by atoms with Crippen LogP contribution in [0.3, 0.4) is 0 Å². The van der Waals surface area contributed by atoms with Crippen LogP contribution in [-0.2, 0) is 23.6 Å². The summed E-state index contributed by atoms with van der Waals surface area (Å²) in [5.74, 6) is -3.27. The molecule has 0 bridgehead atoms. The van der Waals surface area contributed by atoms with Crippen LogP contribution in [-0.4, -0.2) is 28.9 Å². The molecule has 0 heterocycles. The van der Waals surface area contributed by atoms with Crippen LogP contribution in [0.5, 0.6) is 11.5 Å². The lowest BCUT2D eigenvalue weighted by Gasteiger charge is -2.18. The standard InChI is InChI=1S/C37H26F6N2O5/c38-36(39,40)26-12-10-25(11-13-26)33(46)44-31-19-18-29(50-28-16-14-27(15-17-28)37(41,42)43)21-30(31)34(47)45-32(35(48)49)20-22-6-8-24(9-7-22)23-4-2-1-3-5-23/h1-19,21,32H,20H2,(H,44,46)(H,45,47)(H,48,49)/t32-/m0/s1. The lowest BCUT2D eigenvalue weighted by molar-refractivity contribution is -0.139. The summed E-state index contributed by atoms with van der Waals surface area (Å²) in [6.45, 7) is 0. The molecule has 5 rings (SSSR count). The first-order valence-corrected chi connectivity index (χ1v) is 14.8. The third kappa shape index (κ3) is 8.86. The number of aliphatic carboxylic acids is 1. The second-order valence-corrected chi connectivity index (χ2v) is 11.0. The van der Waals surface area contributed by atoms with Crippen LogP contribution >= 0.6 is 0 Å². The molecule has 0 aliphatic rings. The number of ether oxygens (including phenoxy) is 1. The summed E-state index contributed by atoms with van der Waals surface area (Å²) in [4.78, 5) is 38.9. The van der Waals surface area contributed by atoms with Gasteiger partial charge in [0.2, 0.25) is 0 Å². The van der Waals surface area contributed by atoms with Crippen LogP contribution in [0.25, 0.3) is 11.1 Å². The Kier molecular flexibility index (Phi) is 10.3. The Hall–Kier alpha value is -6.11. The van der Waals surface area contributed by atoms with Crippen molar-refractivity contribution in [3.8, 4) is 22.6 Å². The molecule has 5 aromatic rings. The van der Waals surface area contributed by atoms with Gasteiger partial charge in [-0.15, -0.1) is 0 Å². The second kappa shape index (κ2) is 14.6. The Morgan fingerprint density at radius 2 is 1.18 bits per heavy atom. The van der Waals surface area contributed by atoms with E-state index in [0.29, 0.717) is 17.7 Å². The van der Waals surface area contributed by atoms with E-state index < -0.39 is 47.3 Å². The number of nitrogens with one attached hydrogen (secondary N) is 2. The van der Waals surface area contributed by atoms with Crippen molar-refractivity contribution in [3.63, 3.8) is 0 Å². The molecule has 0 aliphatic carbocycles. The summed E-state index contributed by atoms with van der Waals surface area (Å²) >= 11 is 0. The molecule has 1 atom stereocenters. The van der Waals surface area contributed by atoms with Crippen molar-refractivity contribution >= 4 is 23.5 Å². The minimum Gasteiger partial charge on any atom is -0.480 e. The molecule has 5 aromatic carbocycles. The van der Waals surface area contributed by atoms with Crippen LogP contribution in [0.2, 0.25) is 0 Å². The maximum absolute atomic E-state index is 13.6. The number of benzene rings is 5. The second-order valence-electron chi connectivity index (χ2n) is 11.0. The molecule has 13 heteroatoms. The van der Waals surface area contributed by atoms with Crippen LogP contribution in [0, 0.1) is 0 Å². The third-order valence-electron chi connectivity index (χ3n) is 7.48. The fraction of sp³-hybridized carbons (Fsp3) is 0.108. The Balaban J connectivity index is 1.40. The van der Waals surface area contributed by atoms with Crippen molar-refractivity contribution in [1.29, 1.82) is 0 Å². The Morgan fingerprint density at radius 3 is 1.74 bits per heavy atom. The van der Waals surface area contributed by atoms with E-state index in [1.54, 1.807) is 12.1 Å². The molecular formula is C37H26F6N2O5. The summed E-state index contributed by atoms with van der Waals surface area (Å²) in [5.41, 5.74) is -0.0720. The molecule has 0 spiro atoms. The fourth-order valence-corrected chi connectivity index (χ4v) is 4.87. The van der Waals surface area contributed by atoms with Crippen LogP contribution in [0.4, 0.5) is 32.0 Å². The van der Waals surface area contributed by atoms with Gasteiger partial charge in [-0.05, 0) is 83.4 Å². The van der Waals surface area contributed by atoms with E-state index in [1.807, 2.05) is 42.5 Å². The minimum atomic E-state index is -4.63. The number of anilines is 1. The van der Waals surface area contributed by atoms with Crippen molar-refractivity contribution in [3.05, 3.63) is 149 Å². The zero-order valence-corrected chi connectivity index (χ0v) is 25.7. The van der Waals surface area contributed by atoms with Gasteiger partial charge in [-0.2, -0.15) is 26.3 Å². The number of carbonyl (C=O) groups is 3. The van der Waals surface area contributed by atoms with Crippen molar-refractivity contribution in [2.24, 2.45) is 0 Å². The highest BCUT2D eigenvalue weighted by Crippen LogP contribution is 2.33. The van der Waals surface area contributed by atoms with Crippen molar-refractivity contribution in [1.82, 2.24) is 5.32 Å². The van der Waals surface area contributed by atoms with E-state index in [-0.39, 0.29) is 34.7 Å². The summed E-state index contributed by atoms with van der Waals surface area (Å²) in [6.07, 6.45) is -9.33. The summed E-state index contributed by atoms with van der Waals surface area (Å²) < 4.78 is 83.7. The highest BCUT2D eigenvalue weighted by Gasteiger charge is 2.31. The number of alkyl halides is 6. The van der Waals surface area contributed by atoms with Gasteiger partial charge < -0.3 is 20.5 Å². The first-order chi connectivity index (χ1) is 23.7. The zero-order chi connectivity index (χ0) is 36.1. The van der Waals surface area contributed by atoms with Gasteiger partial charge in [0.1, 0.15) is 17.5 Å². The quantitative estimate of drug-likeness (QED) is 0.127. The number of carboxylic acid groups (broad SMARTS) is 1. The number of halogens is 6. The van der Waals surface area contributed by atoms with E-state index in [2.05, 4.69) is 10.6 Å². The molecule has 2 amide bonds. The third-order valence-corrected chi connectivity index (χ3v) is 7.48. The largest absolute Gasteiger partial charge is 0.480 e. The van der Waals surface area contributed by atoms with Crippen molar-refractivity contribution in [2.45, 2.75) is 24.8 Å². The molecule has 0 radical (unpaired) electrons. The van der Waals surface area contributed by atoms with Crippen LogP contribution < -0.4 is 15.4 Å². The molecule has 0 fully saturated rings. The van der Waals surface area contributed by atoms with Gasteiger partial charge in [-0.25, -0.2) is 4.79 Å². The van der Waals surface area contributed by atoms with Gasteiger partial charge in [0.05, 0.1) is 22.4 Å². The van der Waals surface area contributed by atoms with Crippen molar-refractivity contribution in [2.75, 3.05) is 5.32 Å². The van der Waals surface area contributed by atoms with Crippen LogP contribution in [0.15, 0.2) is 121 Å². The molecule has 0 saturated carbocycles. The molecule has 3 N–H and O–H groups in total. The molecule has 0 aliphatic heterocycles. The number of amides is 2. The highest BCUT2D eigenvalue weighted by atomic mass is 19.4. The van der Waals surface area contributed by atoms with Crippen molar-refractivity contribution < 1.29 is 50.6 Å². The molecular weight excluding hydrogens is 666 g/mol. The summed E-state index contributed by atoms with van der Waals surface area (Å²) in [5, 5.41) is 14.8. The average molecular weight is 693 g/mol. The van der Waals surface area contributed by atoms with Gasteiger partial charge in [0.15, 0.2) is 0 Å². The lowest BCUT2D eigenvalue weighted by Crippen LogP contribution is -2.42. The predicted molar refractivity (Wildman–Crippen MR) is 172 cm³/mol. The predicted octanol–water partition coefficient (Wildman–Crippen LogP) is 8.86. The Morgan fingerprint density at radius 1 is 0.640 bits per heavy atom. The van der Waals surface area contributed by atoms with Gasteiger partial charge in [0, 0.05) is 12.0 Å². The average Bonchev–Trinajstić information content (AvgIpc) is 3.08. The first kappa shape index (κ1) is 35.2. The van der Waals surface area contributed by atoms with E-state index >= 15 is 0 Å². The first-order valence-electron chi connectivity index (χ1n) is 14.8. The maximum Gasteiger partial charge on any atom is 0.416 e. The number of rotatable bonds is 10. The topological polar surface area (TPSA) is 105 Å².